The molecule has 1 heterocycles. The zero-order valence-electron chi connectivity index (χ0n) is 10.4. The number of benzene rings is 2. The Balaban J connectivity index is 2.04. The lowest BCUT2D eigenvalue weighted by Crippen LogP contribution is -1.93. The summed E-state index contributed by atoms with van der Waals surface area (Å²) in [6.45, 7) is 0. The zero-order valence-corrected chi connectivity index (χ0v) is 11.9. The van der Waals surface area contributed by atoms with Crippen molar-refractivity contribution in [1.29, 1.82) is 0 Å². The molecule has 1 aromatic heterocycles. The second-order valence-electron chi connectivity index (χ2n) is 4.39. The van der Waals surface area contributed by atoms with Crippen molar-refractivity contribution in [2.45, 2.75) is 0 Å². The van der Waals surface area contributed by atoms with Gasteiger partial charge in [0.15, 0.2) is 0 Å². The maximum atomic E-state index is 6.02. The van der Waals surface area contributed by atoms with Gasteiger partial charge in [0.05, 0.1) is 15.6 Å². The summed E-state index contributed by atoms with van der Waals surface area (Å²) in [5.74, 6) is 0. The molecule has 0 spiro atoms. The summed E-state index contributed by atoms with van der Waals surface area (Å²) in [6, 6.07) is 13.0. The van der Waals surface area contributed by atoms with Crippen molar-refractivity contribution in [3.05, 3.63) is 58.7 Å². The normalized spacial score (nSPS) is 10.7. The molecule has 0 bridgehead atoms. The predicted molar refractivity (Wildman–Crippen MR) is 85.9 cm³/mol. The Hall–Kier alpha value is -1.97. The van der Waals surface area contributed by atoms with Crippen LogP contribution in [0, 0.1) is 0 Å². The van der Waals surface area contributed by atoms with E-state index in [-0.39, 0.29) is 0 Å². The highest BCUT2D eigenvalue weighted by molar-refractivity contribution is 6.42. The number of rotatable bonds is 2. The molecule has 100 valence electrons. The second-order valence-corrected chi connectivity index (χ2v) is 5.20. The van der Waals surface area contributed by atoms with E-state index in [4.69, 9.17) is 28.9 Å². The lowest BCUT2D eigenvalue weighted by atomic mass is 10.1. The van der Waals surface area contributed by atoms with E-state index >= 15 is 0 Å². The summed E-state index contributed by atoms with van der Waals surface area (Å²) >= 11 is 11.9. The smallest absolute Gasteiger partial charge is 0.0743 e. The molecule has 0 atom stereocenters. The number of nitrogen functional groups attached to an aromatic ring is 1. The molecule has 3 nitrogen and oxygen atoms in total. The Labute approximate surface area is 126 Å². The van der Waals surface area contributed by atoms with Crippen LogP contribution in [-0.2, 0) is 0 Å². The Kier molecular flexibility index (Phi) is 3.38. The van der Waals surface area contributed by atoms with Crippen molar-refractivity contribution in [3.8, 4) is 0 Å². The SMILES string of the molecule is Nc1ccc2c(Nc3ccc(Cl)c(Cl)c3)ccnc2c1. The molecule has 2 aromatic carbocycles. The lowest BCUT2D eigenvalue weighted by Gasteiger charge is -2.10. The number of hydrogen-bond donors (Lipinski definition) is 2. The van der Waals surface area contributed by atoms with E-state index in [1.54, 1.807) is 18.3 Å². The number of nitrogens with two attached hydrogens (primary N) is 1. The first-order valence-electron chi connectivity index (χ1n) is 6.00. The van der Waals surface area contributed by atoms with Gasteiger partial charge in [0, 0.05) is 28.6 Å². The molecular formula is C15H11Cl2N3. The van der Waals surface area contributed by atoms with Crippen molar-refractivity contribution in [1.82, 2.24) is 4.98 Å². The average molecular weight is 304 g/mol. The molecule has 5 heteroatoms. The number of anilines is 3. The standard InChI is InChI=1S/C15H11Cl2N3/c16-12-4-2-10(8-13(12)17)20-14-5-6-19-15-7-9(18)1-3-11(14)15/h1-8H,18H2,(H,19,20). The Morgan fingerprint density at radius 2 is 1.80 bits per heavy atom. The summed E-state index contributed by atoms with van der Waals surface area (Å²) in [6.07, 6.45) is 1.74. The van der Waals surface area contributed by atoms with Crippen LogP contribution in [-0.4, -0.2) is 4.98 Å². The highest BCUT2D eigenvalue weighted by atomic mass is 35.5. The molecule has 0 amide bonds. The van der Waals surface area contributed by atoms with Gasteiger partial charge in [-0.3, -0.25) is 4.98 Å². The van der Waals surface area contributed by atoms with Crippen molar-refractivity contribution < 1.29 is 0 Å². The summed E-state index contributed by atoms with van der Waals surface area (Å²) in [4.78, 5) is 4.31. The van der Waals surface area contributed by atoms with Crippen molar-refractivity contribution in [2.75, 3.05) is 11.1 Å². The van der Waals surface area contributed by atoms with Crippen LogP contribution in [0.1, 0.15) is 0 Å². The fourth-order valence-electron chi connectivity index (χ4n) is 2.00. The number of fused-ring (bicyclic) bond motifs is 1. The van der Waals surface area contributed by atoms with Gasteiger partial charge in [-0.15, -0.1) is 0 Å². The number of nitrogens with one attached hydrogen (secondary N) is 1. The molecule has 3 rings (SSSR count). The number of pyridine rings is 1. The van der Waals surface area contributed by atoms with Crippen molar-refractivity contribution >= 4 is 51.2 Å². The Morgan fingerprint density at radius 1 is 0.950 bits per heavy atom. The molecule has 0 aliphatic carbocycles. The number of halogens is 2. The van der Waals surface area contributed by atoms with Crippen LogP contribution >= 0.6 is 23.2 Å². The predicted octanol–water partition coefficient (Wildman–Crippen LogP) is 4.87. The molecular weight excluding hydrogens is 293 g/mol. The van der Waals surface area contributed by atoms with Crippen LogP contribution in [0.2, 0.25) is 10.0 Å². The fraction of sp³-hybridized carbons (Fsp3) is 0. The van der Waals surface area contributed by atoms with Crippen molar-refractivity contribution in [2.24, 2.45) is 0 Å². The number of hydrogen-bond acceptors (Lipinski definition) is 3. The van der Waals surface area contributed by atoms with E-state index in [9.17, 15) is 0 Å². The molecule has 0 saturated heterocycles. The van der Waals surface area contributed by atoms with Gasteiger partial charge in [-0.2, -0.15) is 0 Å². The van der Waals surface area contributed by atoms with Gasteiger partial charge < -0.3 is 11.1 Å². The quantitative estimate of drug-likeness (QED) is 0.664. The highest BCUT2D eigenvalue weighted by Gasteiger charge is 2.04. The van der Waals surface area contributed by atoms with Crippen LogP contribution in [0.15, 0.2) is 48.7 Å². The third-order valence-electron chi connectivity index (χ3n) is 2.97. The topological polar surface area (TPSA) is 50.9 Å². The number of aromatic nitrogens is 1. The van der Waals surface area contributed by atoms with E-state index in [2.05, 4.69) is 10.3 Å². The summed E-state index contributed by atoms with van der Waals surface area (Å²) < 4.78 is 0. The first kappa shape index (κ1) is 13.0. The molecule has 0 aliphatic rings. The van der Waals surface area contributed by atoms with Crippen LogP contribution in [0.25, 0.3) is 10.9 Å². The Bertz CT molecular complexity index is 787. The minimum absolute atomic E-state index is 0.513. The molecule has 0 radical (unpaired) electrons. The Morgan fingerprint density at radius 3 is 2.60 bits per heavy atom. The van der Waals surface area contributed by atoms with Gasteiger partial charge in [0.2, 0.25) is 0 Å². The first-order chi connectivity index (χ1) is 9.63. The first-order valence-corrected chi connectivity index (χ1v) is 6.75. The number of nitrogens with zero attached hydrogens (tertiary/aromatic N) is 1. The fourth-order valence-corrected chi connectivity index (χ4v) is 2.30. The van der Waals surface area contributed by atoms with Gasteiger partial charge in [0.1, 0.15) is 0 Å². The molecule has 0 aliphatic heterocycles. The molecule has 0 fully saturated rings. The van der Waals surface area contributed by atoms with Crippen LogP contribution in [0.5, 0.6) is 0 Å². The third kappa shape index (κ3) is 2.50. The summed E-state index contributed by atoms with van der Waals surface area (Å²) in [5.41, 5.74) is 9.11. The van der Waals surface area contributed by atoms with Gasteiger partial charge in [-0.25, -0.2) is 0 Å². The highest BCUT2D eigenvalue weighted by Crippen LogP contribution is 2.30. The average Bonchev–Trinajstić information content (AvgIpc) is 2.43. The second kappa shape index (κ2) is 5.19. The minimum Gasteiger partial charge on any atom is -0.399 e. The van der Waals surface area contributed by atoms with E-state index in [0.717, 1.165) is 22.3 Å². The monoisotopic (exact) mass is 303 g/mol. The van der Waals surface area contributed by atoms with Crippen LogP contribution < -0.4 is 11.1 Å². The van der Waals surface area contributed by atoms with Gasteiger partial charge in [-0.05, 0) is 42.5 Å². The third-order valence-corrected chi connectivity index (χ3v) is 3.70. The maximum absolute atomic E-state index is 6.02. The summed E-state index contributed by atoms with van der Waals surface area (Å²) in [5, 5.41) is 5.35. The molecule has 3 N–H and O–H groups in total. The molecule has 20 heavy (non-hydrogen) atoms. The zero-order chi connectivity index (χ0) is 14.1. The molecule has 3 aromatic rings. The van der Waals surface area contributed by atoms with Gasteiger partial charge in [-0.1, -0.05) is 23.2 Å². The maximum Gasteiger partial charge on any atom is 0.0743 e. The van der Waals surface area contributed by atoms with E-state index in [1.165, 1.54) is 0 Å². The largest absolute Gasteiger partial charge is 0.399 e. The minimum atomic E-state index is 0.513. The van der Waals surface area contributed by atoms with Crippen molar-refractivity contribution in [3.63, 3.8) is 0 Å². The van der Waals surface area contributed by atoms with E-state index in [0.29, 0.717) is 15.7 Å². The van der Waals surface area contributed by atoms with Gasteiger partial charge in [0.25, 0.3) is 0 Å². The lowest BCUT2D eigenvalue weighted by molar-refractivity contribution is 1.40. The van der Waals surface area contributed by atoms with E-state index < -0.39 is 0 Å². The summed E-state index contributed by atoms with van der Waals surface area (Å²) in [7, 11) is 0. The van der Waals surface area contributed by atoms with E-state index in [1.807, 2.05) is 30.3 Å². The molecule has 0 saturated carbocycles. The van der Waals surface area contributed by atoms with Crippen LogP contribution in [0.4, 0.5) is 17.1 Å². The van der Waals surface area contributed by atoms with Gasteiger partial charge >= 0.3 is 0 Å². The molecule has 0 unspecified atom stereocenters. The van der Waals surface area contributed by atoms with Crippen LogP contribution in [0.3, 0.4) is 0 Å².